The van der Waals surface area contributed by atoms with Crippen LogP contribution in [0.3, 0.4) is 0 Å². The van der Waals surface area contributed by atoms with E-state index in [1.807, 2.05) is 33.8 Å². The van der Waals surface area contributed by atoms with Crippen LogP contribution in [0.4, 0.5) is 26.5 Å². The highest BCUT2D eigenvalue weighted by Crippen LogP contribution is 2.43. The van der Waals surface area contributed by atoms with Crippen molar-refractivity contribution in [2.24, 2.45) is 0 Å². The van der Waals surface area contributed by atoms with Gasteiger partial charge < -0.3 is 19.7 Å². The topological polar surface area (TPSA) is 151 Å². The molecule has 12 nitrogen and oxygen atoms in total. The van der Waals surface area contributed by atoms with Crippen molar-refractivity contribution in [1.29, 1.82) is 5.26 Å². The summed E-state index contributed by atoms with van der Waals surface area (Å²) in [7, 11) is -4.05. The van der Waals surface area contributed by atoms with E-state index in [2.05, 4.69) is 15.3 Å². The van der Waals surface area contributed by atoms with Crippen LogP contribution in [0.15, 0.2) is 79.1 Å². The van der Waals surface area contributed by atoms with Gasteiger partial charge in [-0.2, -0.15) is 5.26 Å². The number of rotatable bonds is 8. The number of fused-ring (bicyclic) bond motifs is 1. The summed E-state index contributed by atoms with van der Waals surface area (Å²) in [5.74, 6) is 0.176. The lowest BCUT2D eigenvalue weighted by Gasteiger charge is -2.34. The van der Waals surface area contributed by atoms with E-state index in [4.69, 9.17) is 14.5 Å². The van der Waals surface area contributed by atoms with Crippen molar-refractivity contribution < 1.29 is 27.1 Å². The molecule has 0 aliphatic carbocycles. The van der Waals surface area contributed by atoms with E-state index in [1.165, 1.54) is 36.4 Å². The quantitative estimate of drug-likeness (QED) is 0.169. The van der Waals surface area contributed by atoms with Crippen LogP contribution in [0.1, 0.15) is 44.7 Å². The number of nitrogens with one attached hydrogen (secondary N) is 1. The number of likely N-dealkylation sites (tertiary alicyclic amines) is 1. The van der Waals surface area contributed by atoms with Crippen LogP contribution in [0.25, 0.3) is 22.0 Å². The highest BCUT2D eigenvalue weighted by atomic mass is 32.2. The molecule has 1 amide bonds. The number of pyridine rings is 1. The number of aromatic nitrogens is 3. The molecule has 1 aliphatic rings. The van der Waals surface area contributed by atoms with Gasteiger partial charge in [0, 0.05) is 42.3 Å². The van der Waals surface area contributed by atoms with Gasteiger partial charge >= 0.3 is 6.09 Å². The molecule has 268 valence electrons. The van der Waals surface area contributed by atoms with Gasteiger partial charge in [-0.15, -0.1) is 0 Å². The SMILES string of the molecule is Cc1ccc2c(N(c3ccc(C#N)cc3)S(C)(=O)=O)c(F)ccc2c1Oc1ncccc1-c1ccnc(NC2CCCN(C(=O)OC(C)(C)C)C2)n1. The number of nitrogens with zero attached hydrogens (tertiary/aromatic N) is 6. The summed E-state index contributed by atoms with van der Waals surface area (Å²) in [5, 5.41) is 13.3. The second kappa shape index (κ2) is 14.4. The monoisotopic (exact) mass is 723 g/mol. The molecule has 1 unspecified atom stereocenters. The number of sulfonamides is 1. The van der Waals surface area contributed by atoms with Crippen molar-refractivity contribution in [3.8, 4) is 29.0 Å². The number of amides is 1. The molecule has 5 aromatic rings. The number of hydrogen-bond donors (Lipinski definition) is 1. The van der Waals surface area contributed by atoms with Crippen molar-refractivity contribution in [3.05, 3.63) is 96.1 Å². The van der Waals surface area contributed by atoms with Crippen molar-refractivity contribution >= 4 is 44.2 Å². The van der Waals surface area contributed by atoms with Gasteiger partial charge in [0.15, 0.2) is 0 Å². The normalized spacial score (nSPS) is 14.8. The van der Waals surface area contributed by atoms with Gasteiger partial charge in [-0.3, -0.25) is 0 Å². The van der Waals surface area contributed by atoms with Gasteiger partial charge in [-0.1, -0.05) is 12.1 Å². The fraction of sp³-hybridized carbons (Fsp3) is 0.289. The van der Waals surface area contributed by atoms with E-state index in [0.717, 1.165) is 23.4 Å². The van der Waals surface area contributed by atoms with Crippen LogP contribution >= 0.6 is 0 Å². The zero-order valence-electron chi connectivity index (χ0n) is 29.4. The Balaban J connectivity index is 1.33. The Bertz CT molecular complexity index is 2290. The van der Waals surface area contributed by atoms with Gasteiger partial charge in [0.1, 0.15) is 22.9 Å². The third-order valence-corrected chi connectivity index (χ3v) is 9.40. The largest absolute Gasteiger partial charge is 0.444 e. The minimum atomic E-state index is -4.05. The molecule has 1 aliphatic heterocycles. The number of aryl methyl sites for hydroxylation is 1. The summed E-state index contributed by atoms with van der Waals surface area (Å²) in [5.41, 5.74) is 1.50. The average molecular weight is 724 g/mol. The van der Waals surface area contributed by atoms with Crippen molar-refractivity contribution in [3.63, 3.8) is 0 Å². The van der Waals surface area contributed by atoms with Crippen molar-refractivity contribution in [1.82, 2.24) is 19.9 Å². The molecule has 52 heavy (non-hydrogen) atoms. The van der Waals surface area contributed by atoms with Crippen molar-refractivity contribution in [2.75, 3.05) is 29.0 Å². The third kappa shape index (κ3) is 7.89. The molecule has 0 spiro atoms. The zero-order chi connectivity index (χ0) is 37.2. The van der Waals surface area contributed by atoms with Crippen LogP contribution in [0.2, 0.25) is 0 Å². The maximum absolute atomic E-state index is 15.8. The summed E-state index contributed by atoms with van der Waals surface area (Å²) in [6.07, 6.45) is 5.45. The molecule has 1 saturated heterocycles. The molecule has 1 N–H and O–H groups in total. The molecule has 0 radical (unpaired) electrons. The molecule has 0 bridgehead atoms. The number of hydrogen-bond acceptors (Lipinski definition) is 10. The first-order valence-corrected chi connectivity index (χ1v) is 18.5. The van der Waals surface area contributed by atoms with E-state index in [0.29, 0.717) is 52.6 Å². The number of carbonyl (C=O) groups is 1. The van der Waals surface area contributed by atoms with Crippen LogP contribution in [0.5, 0.6) is 11.6 Å². The predicted octanol–water partition coefficient (Wildman–Crippen LogP) is 7.71. The van der Waals surface area contributed by atoms with E-state index >= 15 is 4.39 Å². The second-order valence-electron chi connectivity index (χ2n) is 13.5. The number of piperidine rings is 1. The van der Waals surface area contributed by atoms with E-state index in [9.17, 15) is 18.5 Å². The van der Waals surface area contributed by atoms with Crippen LogP contribution in [0, 0.1) is 24.1 Å². The highest BCUT2D eigenvalue weighted by molar-refractivity contribution is 7.92. The Hall–Kier alpha value is -5.81. The fourth-order valence-electron chi connectivity index (χ4n) is 6.06. The number of benzene rings is 3. The first-order valence-electron chi connectivity index (χ1n) is 16.6. The second-order valence-corrected chi connectivity index (χ2v) is 15.4. The van der Waals surface area contributed by atoms with Gasteiger partial charge in [0.25, 0.3) is 0 Å². The highest BCUT2D eigenvalue weighted by Gasteiger charge is 2.29. The summed E-state index contributed by atoms with van der Waals surface area (Å²) in [4.78, 5) is 28.1. The van der Waals surface area contributed by atoms with Crippen LogP contribution < -0.4 is 14.4 Å². The van der Waals surface area contributed by atoms with Gasteiger partial charge in [0.05, 0.1) is 34.8 Å². The maximum Gasteiger partial charge on any atom is 0.410 e. The first kappa shape index (κ1) is 36.0. The van der Waals surface area contributed by atoms with Gasteiger partial charge in [-0.25, -0.2) is 36.9 Å². The van der Waals surface area contributed by atoms with E-state index in [-0.39, 0.29) is 34.8 Å². The van der Waals surface area contributed by atoms with Crippen molar-refractivity contribution in [2.45, 2.75) is 52.2 Å². The number of ether oxygens (including phenoxy) is 2. The number of anilines is 3. The molecular weight excluding hydrogens is 686 g/mol. The molecule has 3 aromatic carbocycles. The lowest BCUT2D eigenvalue weighted by molar-refractivity contribution is 0.0206. The Morgan fingerprint density at radius 2 is 1.79 bits per heavy atom. The molecular formula is C38H38FN7O5S. The van der Waals surface area contributed by atoms with Gasteiger partial charge in [0.2, 0.25) is 21.9 Å². The fourth-order valence-corrected chi connectivity index (χ4v) is 7.08. The smallest absolute Gasteiger partial charge is 0.410 e. The van der Waals surface area contributed by atoms with E-state index in [1.54, 1.807) is 47.6 Å². The third-order valence-electron chi connectivity index (χ3n) is 8.34. The summed E-state index contributed by atoms with van der Waals surface area (Å²) in [6.45, 7) is 8.38. The number of nitriles is 1. The molecule has 2 aromatic heterocycles. The summed E-state index contributed by atoms with van der Waals surface area (Å²) < 4.78 is 55.1. The minimum absolute atomic E-state index is 0.0927. The lowest BCUT2D eigenvalue weighted by atomic mass is 10.0. The minimum Gasteiger partial charge on any atom is -0.444 e. The van der Waals surface area contributed by atoms with Crippen LogP contribution in [-0.4, -0.2) is 65.4 Å². The average Bonchev–Trinajstić information content (AvgIpc) is 3.10. The maximum atomic E-state index is 15.8. The van der Waals surface area contributed by atoms with E-state index < -0.39 is 21.4 Å². The van der Waals surface area contributed by atoms with Gasteiger partial charge in [-0.05, 0) is 101 Å². The molecule has 6 rings (SSSR count). The Morgan fingerprint density at radius 3 is 2.50 bits per heavy atom. The molecule has 14 heteroatoms. The predicted molar refractivity (Wildman–Crippen MR) is 197 cm³/mol. The first-order chi connectivity index (χ1) is 24.7. The standard InChI is InChI=1S/C38H38FN7O5S/c1-24-10-15-28-29(16-17-31(39)33(28)46(52(5,48)49)27-13-11-25(22-40)12-14-27)34(24)50-35-30(9-6-19-41-35)32-18-20-42-36(44-32)43-26-8-7-21-45(23-26)37(47)51-38(2,3)4/h6,9-20,26H,7-8,21,23H2,1-5H3,(H,42,43,44). The Labute approximate surface area is 301 Å². The summed E-state index contributed by atoms with van der Waals surface area (Å²) in [6, 6.07) is 19.2. The lowest BCUT2D eigenvalue weighted by Crippen LogP contribution is -2.47. The molecule has 1 atom stereocenters. The molecule has 3 heterocycles. The zero-order valence-corrected chi connectivity index (χ0v) is 30.2. The summed E-state index contributed by atoms with van der Waals surface area (Å²) >= 11 is 0. The number of halogens is 1. The number of carbonyl (C=O) groups excluding carboxylic acids is 1. The molecule has 0 saturated carbocycles. The van der Waals surface area contributed by atoms with Crippen LogP contribution in [-0.2, 0) is 14.8 Å². The Kier molecular flexibility index (Phi) is 9.99. The molecule has 1 fully saturated rings. The Morgan fingerprint density at radius 1 is 1.04 bits per heavy atom.